The maximum atomic E-state index is 12.7. The standard InChI is InChI=1S/C20H24N2OS3/c1-9-10(2)17(21-13(5)15(7)25-19(21)23)12(4)18(11(9)3)22-14(6)16(8)26-20(22)24/h1-8H3. The molecule has 1 aromatic carbocycles. The first kappa shape index (κ1) is 19.3. The molecule has 0 aliphatic heterocycles. The van der Waals surface area contributed by atoms with Gasteiger partial charge in [-0.25, -0.2) is 0 Å². The van der Waals surface area contributed by atoms with Crippen LogP contribution in [0, 0.1) is 59.3 Å². The van der Waals surface area contributed by atoms with E-state index < -0.39 is 0 Å². The van der Waals surface area contributed by atoms with Crippen LogP contribution in [-0.4, -0.2) is 9.13 Å². The van der Waals surface area contributed by atoms with Crippen LogP contribution in [0.3, 0.4) is 0 Å². The molecular weight excluding hydrogens is 380 g/mol. The highest BCUT2D eigenvalue weighted by Gasteiger charge is 2.22. The molecular formula is C20H24N2OS3. The van der Waals surface area contributed by atoms with E-state index >= 15 is 0 Å². The van der Waals surface area contributed by atoms with Crippen LogP contribution in [0.4, 0.5) is 0 Å². The molecule has 26 heavy (non-hydrogen) atoms. The van der Waals surface area contributed by atoms with Crippen LogP contribution >= 0.6 is 34.9 Å². The maximum absolute atomic E-state index is 12.7. The summed E-state index contributed by atoms with van der Waals surface area (Å²) in [6.07, 6.45) is 0. The van der Waals surface area contributed by atoms with Crippen LogP contribution < -0.4 is 4.87 Å². The van der Waals surface area contributed by atoms with Gasteiger partial charge in [0.25, 0.3) is 0 Å². The van der Waals surface area contributed by atoms with Gasteiger partial charge >= 0.3 is 4.87 Å². The number of aromatic nitrogens is 2. The minimum atomic E-state index is 0.0715. The first-order valence-electron chi connectivity index (χ1n) is 8.57. The Morgan fingerprint density at radius 3 is 1.54 bits per heavy atom. The van der Waals surface area contributed by atoms with Crippen molar-refractivity contribution in [3.8, 4) is 11.4 Å². The first-order valence-corrected chi connectivity index (χ1v) is 10.6. The number of rotatable bonds is 2. The van der Waals surface area contributed by atoms with Gasteiger partial charge in [0.15, 0.2) is 3.95 Å². The van der Waals surface area contributed by atoms with Crippen molar-refractivity contribution in [2.24, 2.45) is 0 Å². The van der Waals surface area contributed by atoms with Crippen molar-refractivity contribution >= 4 is 34.9 Å². The summed E-state index contributed by atoms with van der Waals surface area (Å²) in [5, 5.41) is 0. The molecule has 3 nitrogen and oxygen atoms in total. The van der Waals surface area contributed by atoms with Crippen molar-refractivity contribution in [2.75, 3.05) is 0 Å². The minimum Gasteiger partial charge on any atom is -0.295 e. The minimum absolute atomic E-state index is 0.0715. The molecule has 0 unspecified atom stereocenters. The lowest BCUT2D eigenvalue weighted by Crippen LogP contribution is -2.18. The van der Waals surface area contributed by atoms with Gasteiger partial charge in [-0.1, -0.05) is 11.3 Å². The van der Waals surface area contributed by atoms with E-state index in [1.165, 1.54) is 33.0 Å². The summed E-state index contributed by atoms with van der Waals surface area (Å²) < 4.78 is 4.90. The third-order valence-corrected chi connectivity index (χ3v) is 7.88. The number of nitrogens with zero attached hydrogens (tertiary/aromatic N) is 2. The Hall–Kier alpha value is -1.50. The summed E-state index contributed by atoms with van der Waals surface area (Å²) in [5.74, 6) is 0. The van der Waals surface area contributed by atoms with E-state index in [2.05, 4.69) is 46.1 Å². The fourth-order valence-electron chi connectivity index (χ4n) is 3.59. The number of benzene rings is 1. The Kier molecular flexibility index (Phi) is 4.88. The molecule has 0 spiro atoms. The Bertz CT molecular complexity index is 1070. The van der Waals surface area contributed by atoms with Gasteiger partial charge in [-0.2, -0.15) is 0 Å². The SMILES string of the molecule is Cc1sc(=O)n(-c2c(C)c(C)c(C)c(-n3c(C)c(C)sc3=S)c2C)c1C. The van der Waals surface area contributed by atoms with Crippen LogP contribution in [0.2, 0.25) is 0 Å². The molecule has 0 saturated carbocycles. The van der Waals surface area contributed by atoms with E-state index in [-0.39, 0.29) is 4.87 Å². The zero-order chi connectivity index (χ0) is 19.5. The smallest absolute Gasteiger partial charge is 0.295 e. The van der Waals surface area contributed by atoms with Crippen molar-refractivity contribution in [3.05, 3.63) is 57.0 Å². The third kappa shape index (κ3) is 2.66. The second-order valence-electron chi connectivity index (χ2n) is 6.89. The molecule has 0 atom stereocenters. The molecule has 3 aromatic rings. The van der Waals surface area contributed by atoms with Gasteiger partial charge in [0.2, 0.25) is 0 Å². The second-order valence-corrected chi connectivity index (χ2v) is 9.90. The molecule has 138 valence electrons. The normalized spacial score (nSPS) is 11.4. The van der Waals surface area contributed by atoms with Crippen molar-refractivity contribution in [1.82, 2.24) is 9.13 Å². The molecule has 0 fully saturated rings. The zero-order valence-corrected chi connectivity index (χ0v) is 19.0. The summed E-state index contributed by atoms with van der Waals surface area (Å²) in [5.41, 5.74) is 8.99. The highest BCUT2D eigenvalue weighted by molar-refractivity contribution is 7.73. The lowest BCUT2D eigenvalue weighted by molar-refractivity contribution is 0.911. The topological polar surface area (TPSA) is 26.9 Å². The fraction of sp³-hybridized carbons (Fsp3) is 0.400. The average molecular weight is 405 g/mol. The van der Waals surface area contributed by atoms with Gasteiger partial charge in [-0.15, -0.1) is 11.3 Å². The lowest BCUT2D eigenvalue weighted by Gasteiger charge is -2.23. The fourth-order valence-corrected chi connectivity index (χ4v) is 5.83. The quantitative estimate of drug-likeness (QED) is 0.494. The molecule has 0 aliphatic carbocycles. The van der Waals surface area contributed by atoms with E-state index in [9.17, 15) is 4.79 Å². The Balaban J connectivity index is 2.52. The van der Waals surface area contributed by atoms with Crippen molar-refractivity contribution in [3.63, 3.8) is 0 Å². The van der Waals surface area contributed by atoms with Crippen LogP contribution in [0.1, 0.15) is 43.4 Å². The zero-order valence-electron chi connectivity index (χ0n) is 16.5. The molecule has 0 amide bonds. The van der Waals surface area contributed by atoms with Crippen LogP contribution in [0.5, 0.6) is 0 Å². The highest BCUT2D eigenvalue weighted by atomic mass is 32.1. The van der Waals surface area contributed by atoms with Gasteiger partial charge in [-0.3, -0.25) is 13.9 Å². The molecule has 2 aromatic heterocycles. The van der Waals surface area contributed by atoms with E-state index in [0.717, 1.165) is 37.0 Å². The summed E-state index contributed by atoms with van der Waals surface area (Å²) in [6.45, 7) is 16.7. The summed E-state index contributed by atoms with van der Waals surface area (Å²) in [7, 11) is 0. The van der Waals surface area contributed by atoms with Gasteiger partial charge in [0.1, 0.15) is 0 Å². The van der Waals surface area contributed by atoms with E-state index in [1.807, 2.05) is 18.4 Å². The van der Waals surface area contributed by atoms with Crippen LogP contribution in [-0.2, 0) is 0 Å². The third-order valence-electron chi connectivity index (χ3n) is 5.53. The maximum Gasteiger partial charge on any atom is 0.312 e. The Morgan fingerprint density at radius 1 is 0.654 bits per heavy atom. The molecule has 0 radical (unpaired) electrons. The largest absolute Gasteiger partial charge is 0.312 e. The monoisotopic (exact) mass is 404 g/mol. The van der Waals surface area contributed by atoms with E-state index in [1.54, 1.807) is 11.3 Å². The number of hydrogen-bond donors (Lipinski definition) is 0. The Labute approximate surface area is 167 Å². The van der Waals surface area contributed by atoms with Gasteiger partial charge in [0.05, 0.1) is 11.4 Å². The summed E-state index contributed by atoms with van der Waals surface area (Å²) in [4.78, 5) is 15.1. The molecule has 6 heteroatoms. The molecule has 2 heterocycles. The van der Waals surface area contributed by atoms with Gasteiger partial charge < -0.3 is 0 Å². The van der Waals surface area contributed by atoms with E-state index in [0.29, 0.717) is 0 Å². The average Bonchev–Trinajstić information content (AvgIpc) is 2.96. The number of thiazole rings is 2. The van der Waals surface area contributed by atoms with Crippen molar-refractivity contribution < 1.29 is 0 Å². The van der Waals surface area contributed by atoms with Crippen molar-refractivity contribution in [2.45, 2.75) is 55.4 Å². The lowest BCUT2D eigenvalue weighted by atomic mass is 9.95. The van der Waals surface area contributed by atoms with Gasteiger partial charge in [0, 0.05) is 21.1 Å². The predicted octanol–water partition coefficient (Wildman–Crippen LogP) is 5.95. The summed E-state index contributed by atoms with van der Waals surface area (Å²) >= 11 is 8.62. The molecule has 0 N–H and O–H groups in total. The summed E-state index contributed by atoms with van der Waals surface area (Å²) in [6, 6.07) is 0. The van der Waals surface area contributed by atoms with Gasteiger partial charge in [-0.05, 0) is 89.9 Å². The predicted molar refractivity (Wildman–Crippen MR) is 116 cm³/mol. The number of aryl methyl sites for hydroxylation is 2. The number of hydrogen-bond acceptors (Lipinski definition) is 4. The first-order chi connectivity index (χ1) is 12.1. The second kappa shape index (κ2) is 6.59. The molecule has 0 saturated heterocycles. The Morgan fingerprint density at radius 2 is 1.12 bits per heavy atom. The van der Waals surface area contributed by atoms with Crippen LogP contribution in [0.25, 0.3) is 11.4 Å². The van der Waals surface area contributed by atoms with Crippen LogP contribution in [0.15, 0.2) is 4.79 Å². The molecule has 0 bridgehead atoms. The molecule has 0 aliphatic rings. The van der Waals surface area contributed by atoms with Crippen molar-refractivity contribution in [1.29, 1.82) is 0 Å². The highest BCUT2D eigenvalue weighted by Crippen LogP contribution is 2.35. The molecule has 3 rings (SSSR count). The van der Waals surface area contributed by atoms with E-state index in [4.69, 9.17) is 12.2 Å².